The molecule has 40 heteroatoms. The van der Waals surface area contributed by atoms with Gasteiger partial charge in [-0.05, 0) is 118 Å². The molecule has 124 heavy (non-hydrogen) atoms. The Kier molecular flexibility index (Phi) is 55.5. The second kappa shape index (κ2) is 60.4. The number of unbranched alkanes of at least 4 members (excludes halogenated alkanes) is 6. The highest BCUT2D eigenvalue weighted by atomic mass is 16.5. The van der Waals surface area contributed by atoms with Crippen LogP contribution in [0.2, 0.25) is 0 Å². The lowest BCUT2D eigenvalue weighted by atomic mass is 9.98. The number of carbonyl (C=O) groups excluding carboxylic acids is 19. The molecule has 0 spiro atoms. The van der Waals surface area contributed by atoms with Gasteiger partial charge < -0.3 is 113 Å². The Morgan fingerprint density at radius 2 is 0.540 bits per heavy atom. The number of nitrogens with one attached hydrogen (secondary N) is 13. The summed E-state index contributed by atoms with van der Waals surface area (Å²) in [4.78, 5) is 261. The van der Waals surface area contributed by atoms with Gasteiger partial charge in [0.15, 0.2) is 6.29 Å². The zero-order valence-corrected chi connectivity index (χ0v) is 76.0. The van der Waals surface area contributed by atoms with Crippen LogP contribution in [0, 0.1) is 47.3 Å². The van der Waals surface area contributed by atoms with Crippen molar-refractivity contribution < 1.29 is 106 Å². The highest BCUT2D eigenvalue weighted by Gasteiger charge is 2.40. The monoisotopic (exact) mass is 1760 g/mol. The lowest BCUT2D eigenvalue weighted by Crippen LogP contribution is -2.62. The molecule has 0 bridgehead atoms. The predicted octanol–water partition coefficient (Wildman–Crippen LogP) is -0.410. The minimum Gasteiger partial charge on any atom is -0.463 e. The summed E-state index contributed by atoms with van der Waals surface area (Å²) in [7, 11) is 0. The summed E-state index contributed by atoms with van der Waals surface area (Å²) in [6.45, 7) is 28.3. The first-order valence-corrected chi connectivity index (χ1v) is 43.7. The fourth-order valence-corrected chi connectivity index (χ4v) is 13.0. The summed E-state index contributed by atoms with van der Waals surface area (Å²) < 4.78 is 5.55. The Morgan fingerprint density at radius 3 is 0.839 bits per heavy atom. The van der Waals surface area contributed by atoms with Gasteiger partial charge in [-0.3, -0.25) is 91.1 Å². The van der Waals surface area contributed by atoms with E-state index >= 15 is 0 Å². The number of hydrogen-bond acceptors (Lipinski definition) is 22. The van der Waals surface area contributed by atoms with E-state index in [1.807, 2.05) is 20.8 Å². The van der Waals surface area contributed by atoms with Crippen molar-refractivity contribution in [2.45, 2.75) is 363 Å². The van der Waals surface area contributed by atoms with Gasteiger partial charge in [-0.15, -0.1) is 0 Å². The van der Waals surface area contributed by atoms with E-state index in [-0.39, 0.29) is 87.4 Å². The molecular weight excluding hydrogens is 1610 g/mol. The minimum absolute atomic E-state index is 0.0268. The lowest BCUT2D eigenvalue weighted by molar-refractivity contribution is -0.148. The smallest absolute Gasteiger partial charge is 0.306 e. The van der Waals surface area contributed by atoms with Gasteiger partial charge in [0.05, 0.1) is 0 Å². The summed E-state index contributed by atoms with van der Waals surface area (Å²) in [5.74, 6) is -20.8. The van der Waals surface area contributed by atoms with Gasteiger partial charge in [0.2, 0.25) is 106 Å². The molecule has 0 aromatic rings. The second-order valence-corrected chi connectivity index (χ2v) is 35.1. The molecule has 0 unspecified atom stereocenters. The number of carbonyl (C=O) groups is 19. The van der Waals surface area contributed by atoms with Crippen LogP contribution < -0.4 is 97.8 Å². The maximum Gasteiger partial charge on any atom is 0.306 e. The number of primary amides is 5. The molecule has 14 atom stereocenters. The zero-order chi connectivity index (χ0) is 95.0. The molecule has 0 aliphatic carbocycles. The molecule has 0 saturated heterocycles. The van der Waals surface area contributed by atoms with Crippen LogP contribution in [0.3, 0.4) is 0 Å². The summed E-state index contributed by atoms with van der Waals surface area (Å²) >= 11 is 0. The molecule has 708 valence electrons. The van der Waals surface area contributed by atoms with E-state index in [1.165, 1.54) is 27.7 Å². The third kappa shape index (κ3) is 49.4. The fourth-order valence-electron chi connectivity index (χ4n) is 13.0. The van der Waals surface area contributed by atoms with Gasteiger partial charge >= 0.3 is 5.97 Å². The zero-order valence-electron chi connectivity index (χ0n) is 76.0. The van der Waals surface area contributed by atoms with Crippen molar-refractivity contribution in [3.63, 3.8) is 0 Å². The van der Waals surface area contributed by atoms with E-state index in [1.54, 1.807) is 62.3 Å². The molecule has 0 aromatic carbocycles. The minimum atomic E-state index is -1.95. The van der Waals surface area contributed by atoms with E-state index in [2.05, 4.69) is 76.0 Å². The molecular formula is C84H150N18O22. The summed E-state index contributed by atoms with van der Waals surface area (Å²) in [5.41, 5.74) is 27.4. The van der Waals surface area contributed by atoms with Crippen molar-refractivity contribution in [2.75, 3.05) is 6.61 Å². The average Bonchev–Trinajstić information content (AvgIpc) is 0.814. The van der Waals surface area contributed by atoms with Crippen LogP contribution in [0.5, 0.6) is 0 Å². The van der Waals surface area contributed by atoms with Crippen LogP contribution in [0.1, 0.15) is 278 Å². The largest absolute Gasteiger partial charge is 0.463 e. The van der Waals surface area contributed by atoms with Crippen LogP contribution >= 0.6 is 0 Å². The molecule has 0 aromatic heterocycles. The van der Waals surface area contributed by atoms with Crippen LogP contribution in [0.4, 0.5) is 0 Å². The Bertz CT molecular complexity index is 3480. The Morgan fingerprint density at radius 1 is 0.282 bits per heavy atom. The van der Waals surface area contributed by atoms with Crippen LogP contribution in [-0.2, 0) is 95.8 Å². The third-order valence-electron chi connectivity index (χ3n) is 20.1. The van der Waals surface area contributed by atoms with E-state index in [0.29, 0.717) is 12.8 Å². The van der Waals surface area contributed by atoms with E-state index in [4.69, 9.17) is 33.4 Å². The number of esters is 1. The van der Waals surface area contributed by atoms with Crippen molar-refractivity contribution >= 4 is 112 Å². The maximum atomic E-state index is 14.8. The Balaban J connectivity index is 7.48. The molecule has 25 N–H and O–H groups in total. The molecule has 0 saturated carbocycles. The molecule has 0 heterocycles. The number of aliphatic hydroxyl groups excluding tert-OH is 1. The van der Waals surface area contributed by atoms with Crippen molar-refractivity contribution in [3.8, 4) is 0 Å². The highest BCUT2D eigenvalue weighted by Crippen LogP contribution is 2.19. The van der Waals surface area contributed by atoms with Crippen LogP contribution in [0.15, 0.2) is 0 Å². The number of hydrogen-bond donors (Lipinski definition) is 20. The number of rotatable bonds is 66. The van der Waals surface area contributed by atoms with Crippen LogP contribution in [0.25, 0.3) is 0 Å². The Hall–Kier alpha value is -10.1. The molecule has 0 radical (unpaired) electrons. The van der Waals surface area contributed by atoms with E-state index in [9.17, 15) is 101 Å². The topological polar surface area (TPSA) is 661 Å². The number of ether oxygens (including phenoxy) is 1. The summed E-state index contributed by atoms with van der Waals surface area (Å²) in [5, 5.41) is 53.2. The Labute approximate surface area is 730 Å². The quantitative estimate of drug-likeness (QED) is 0.0209. The second-order valence-electron chi connectivity index (χ2n) is 35.1. The van der Waals surface area contributed by atoms with Crippen molar-refractivity contribution in [1.29, 1.82) is 0 Å². The normalized spacial score (nSPS) is 14.9. The SMILES string of the molecule is CCCCCCCCCC(=O)N[C@@H](CC(C)C)C(=O)N[C@H](CCC(O)O)C(=O)N[C@H](CCC(N)=O)C(=O)N[C@@H](C(=O)N[C@H](CC(C)C)C(=O)N[C@@H](CCC(N)=O)C(=O)N[C@H](COC(=O)C[C@@H](C)CC)C(=O)N[C@@H](C(=O)N[C@@H](CC(C)C)C(=O)N[C@H](CCC(N)=O)C(=O)N[C@@H](CC(C)C)C(=O)N[C@@H](CC(C)C)C(=O)N[C@H](CCC(N)=O)C(N)=O)C(C)C)C(C)C. The average molecular weight is 1760 g/mol. The van der Waals surface area contributed by atoms with Gasteiger partial charge in [0.25, 0.3) is 0 Å². The number of nitrogens with two attached hydrogens (primary N) is 5. The number of aliphatic hydroxyl groups is 2. The standard InChI is InChI=1S/C84H150N18O22/c1-18-20-21-22-23-24-25-26-67(107)90-57(37-44(3)4)77(116)95-56(31-36-68(108)109)73(112)92-55(30-35-66(88)106)76(115)101-70(49(13)14)83(122)98-61(41-48(11)12)80(119)94-54(29-34-65(87)105)75(114)100-62(43-124-69(110)42-51(17)19-2)82(121)102-71(50(15)16)84(123)99-60(40-47(9)10)79(118)93-53(28-33-64(86)104)74(113)96-59(39-46(7)8)81(120)97-58(38-45(5)6)78(117)91-52(72(89)111)27-32-63(85)103/h44-62,68,70-71,108-109H,18-43H2,1-17H3,(H2,85,103)(H2,86,104)(H2,87,105)(H2,88,106)(H2,89,111)(H,90,107)(H,91,117)(H,92,112)(H,93,118)(H,94,119)(H,95,116)(H,96,113)(H,97,120)(H,98,122)(H,99,123)(H,100,114)(H,101,115)(H,102,121)/t51-,52+,53+,54-,55+,56+,57-,58-,59-,60-,61+,62+,70+,71+/m0/s1. The molecule has 0 fully saturated rings. The lowest BCUT2D eigenvalue weighted by Gasteiger charge is -2.30. The van der Waals surface area contributed by atoms with Gasteiger partial charge in [-0.25, -0.2) is 0 Å². The van der Waals surface area contributed by atoms with Crippen molar-refractivity contribution in [1.82, 2.24) is 69.1 Å². The first-order chi connectivity index (χ1) is 57.8. The first-order valence-electron chi connectivity index (χ1n) is 43.7. The van der Waals surface area contributed by atoms with Crippen molar-refractivity contribution in [2.24, 2.45) is 76.0 Å². The van der Waals surface area contributed by atoms with Gasteiger partial charge in [-0.2, -0.15) is 0 Å². The van der Waals surface area contributed by atoms with Gasteiger partial charge in [-0.1, -0.05) is 163 Å². The molecule has 0 aliphatic heterocycles. The maximum absolute atomic E-state index is 14.8. The molecule has 0 aliphatic rings. The molecule has 18 amide bonds. The summed E-state index contributed by atoms with van der Waals surface area (Å²) in [6.07, 6.45) is 0.727. The van der Waals surface area contributed by atoms with Crippen LogP contribution in [-0.4, -0.2) is 214 Å². The van der Waals surface area contributed by atoms with Gasteiger partial charge in [0, 0.05) is 44.9 Å². The predicted molar refractivity (Wildman–Crippen MR) is 460 cm³/mol. The third-order valence-corrected chi connectivity index (χ3v) is 20.1. The number of amides is 18. The first kappa shape index (κ1) is 114. The molecule has 40 nitrogen and oxygen atoms in total. The van der Waals surface area contributed by atoms with E-state index in [0.717, 1.165) is 38.5 Å². The molecule has 0 rings (SSSR count). The van der Waals surface area contributed by atoms with E-state index < -0.39 is 273 Å². The van der Waals surface area contributed by atoms with Crippen molar-refractivity contribution in [3.05, 3.63) is 0 Å². The fraction of sp³-hybridized carbons (Fsp3) is 0.774. The summed E-state index contributed by atoms with van der Waals surface area (Å²) in [6, 6.07) is -19.9. The van der Waals surface area contributed by atoms with Gasteiger partial charge in [0.1, 0.15) is 85.2 Å². The highest BCUT2D eigenvalue weighted by molar-refractivity contribution is 6.01.